The number of piperazine rings is 1. The number of nitrogens with zero attached hydrogens (tertiary/aromatic N) is 3. The van der Waals surface area contributed by atoms with Gasteiger partial charge in [-0.25, -0.2) is 0 Å². The molecule has 0 aliphatic carbocycles. The van der Waals surface area contributed by atoms with Crippen LogP contribution < -0.4 is 10.2 Å². The van der Waals surface area contributed by atoms with Crippen molar-refractivity contribution in [3.05, 3.63) is 69.8 Å². The number of anilines is 1. The van der Waals surface area contributed by atoms with E-state index in [1.54, 1.807) is 17.0 Å². The van der Waals surface area contributed by atoms with Crippen molar-refractivity contribution in [2.24, 2.45) is 5.92 Å². The summed E-state index contributed by atoms with van der Waals surface area (Å²) in [5.41, 5.74) is 1.78. The second-order valence-corrected chi connectivity index (χ2v) is 8.42. The van der Waals surface area contributed by atoms with Gasteiger partial charge in [-0.3, -0.25) is 19.7 Å². The van der Waals surface area contributed by atoms with Gasteiger partial charge in [-0.2, -0.15) is 0 Å². The molecule has 1 heterocycles. The first kappa shape index (κ1) is 23.2. The van der Waals surface area contributed by atoms with Crippen molar-refractivity contribution in [3.63, 3.8) is 0 Å². The van der Waals surface area contributed by atoms with Crippen LogP contribution in [-0.4, -0.2) is 54.4 Å². The first-order valence-corrected chi connectivity index (χ1v) is 10.9. The lowest BCUT2D eigenvalue weighted by molar-refractivity contribution is -0.384. The Morgan fingerprint density at radius 2 is 1.72 bits per heavy atom. The highest BCUT2D eigenvalue weighted by Crippen LogP contribution is 2.30. The van der Waals surface area contributed by atoms with Crippen molar-refractivity contribution in [2.45, 2.75) is 26.7 Å². The van der Waals surface area contributed by atoms with Crippen LogP contribution in [0.5, 0.6) is 0 Å². The van der Waals surface area contributed by atoms with Crippen LogP contribution >= 0.6 is 0 Å². The second kappa shape index (κ2) is 10.3. The van der Waals surface area contributed by atoms with E-state index in [1.165, 1.54) is 13.0 Å². The molecule has 3 rings (SSSR count). The van der Waals surface area contributed by atoms with Crippen LogP contribution in [0.25, 0.3) is 0 Å². The smallest absolute Gasteiger partial charge is 0.293 e. The maximum atomic E-state index is 12.8. The molecule has 2 aromatic rings. The van der Waals surface area contributed by atoms with Crippen LogP contribution in [0.1, 0.15) is 42.6 Å². The zero-order valence-electron chi connectivity index (χ0n) is 18.8. The lowest BCUT2D eigenvalue weighted by atomic mass is 9.88. The van der Waals surface area contributed by atoms with Gasteiger partial charge in [-0.1, -0.05) is 44.2 Å². The third kappa shape index (κ3) is 5.43. The van der Waals surface area contributed by atoms with Gasteiger partial charge in [0.1, 0.15) is 5.69 Å². The van der Waals surface area contributed by atoms with E-state index in [9.17, 15) is 19.7 Å². The molecule has 8 heteroatoms. The highest BCUT2D eigenvalue weighted by atomic mass is 16.6. The number of hydrogen-bond donors (Lipinski definition) is 1. The standard InChI is InChI=1S/C24H30N4O4/c1-17(2)21(19-7-5-4-6-8-19)16-25-24(30)20-9-10-22(23(15-20)28(31)32)27-13-11-26(12-14-27)18(3)29/h4-10,15,17,21H,11-14,16H2,1-3H3,(H,25,30). The lowest BCUT2D eigenvalue weighted by Crippen LogP contribution is -2.48. The first-order chi connectivity index (χ1) is 15.3. The molecule has 8 nitrogen and oxygen atoms in total. The molecule has 1 aliphatic heterocycles. The number of nitrogens with one attached hydrogen (secondary N) is 1. The average molecular weight is 439 g/mol. The number of amides is 2. The fraction of sp³-hybridized carbons (Fsp3) is 0.417. The summed E-state index contributed by atoms with van der Waals surface area (Å²) in [6.45, 7) is 8.24. The molecule has 170 valence electrons. The monoisotopic (exact) mass is 438 g/mol. The van der Waals surface area contributed by atoms with Gasteiger partial charge in [0.25, 0.3) is 11.6 Å². The van der Waals surface area contributed by atoms with Gasteiger partial charge >= 0.3 is 0 Å². The van der Waals surface area contributed by atoms with Crippen molar-refractivity contribution in [1.29, 1.82) is 0 Å². The summed E-state index contributed by atoms with van der Waals surface area (Å²) in [6.07, 6.45) is 0. The van der Waals surface area contributed by atoms with Gasteiger partial charge in [0.2, 0.25) is 5.91 Å². The molecular formula is C24H30N4O4. The van der Waals surface area contributed by atoms with E-state index in [4.69, 9.17) is 0 Å². The van der Waals surface area contributed by atoms with Crippen LogP contribution in [0.2, 0.25) is 0 Å². The van der Waals surface area contributed by atoms with Crippen molar-refractivity contribution in [3.8, 4) is 0 Å². The zero-order chi connectivity index (χ0) is 23.3. The van der Waals surface area contributed by atoms with Crippen molar-refractivity contribution in [2.75, 3.05) is 37.6 Å². The lowest BCUT2D eigenvalue weighted by Gasteiger charge is -2.35. The maximum absolute atomic E-state index is 12.8. The van der Waals surface area contributed by atoms with Crippen LogP contribution in [0.15, 0.2) is 48.5 Å². The summed E-state index contributed by atoms with van der Waals surface area (Å²) in [6, 6.07) is 14.6. The molecule has 0 radical (unpaired) electrons. The van der Waals surface area contributed by atoms with Gasteiger partial charge in [0.05, 0.1) is 4.92 Å². The van der Waals surface area contributed by atoms with Crippen molar-refractivity contribution >= 4 is 23.2 Å². The highest BCUT2D eigenvalue weighted by Gasteiger charge is 2.26. The Kier molecular flexibility index (Phi) is 7.45. The number of rotatable bonds is 7. The molecule has 1 aliphatic rings. The molecular weight excluding hydrogens is 408 g/mol. The minimum atomic E-state index is -0.454. The predicted molar refractivity (Wildman–Crippen MR) is 124 cm³/mol. The average Bonchev–Trinajstić information content (AvgIpc) is 2.79. The summed E-state index contributed by atoms with van der Waals surface area (Å²) in [5, 5.41) is 14.7. The SMILES string of the molecule is CC(=O)N1CCN(c2ccc(C(=O)NCC(c3ccccc3)C(C)C)cc2[N+](=O)[O-])CC1. The Bertz CT molecular complexity index is 969. The van der Waals surface area contributed by atoms with Crippen molar-refractivity contribution < 1.29 is 14.5 Å². The molecule has 1 saturated heterocycles. The zero-order valence-corrected chi connectivity index (χ0v) is 18.8. The first-order valence-electron chi connectivity index (χ1n) is 10.9. The van der Waals surface area contributed by atoms with Crippen LogP contribution in [-0.2, 0) is 4.79 Å². The Balaban J connectivity index is 1.73. The summed E-state index contributed by atoms with van der Waals surface area (Å²) in [5.74, 6) is 0.138. The molecule has 0 spiro atoms. The van der Waals surface area contributed by atoms with E-state index in [2.05, 4.69) is 19.2 Å². The van der Waals surface area contributed by atoms with E-state index in [-0.39, 0.29) is 29.0 Å². The third-order valence-electron chi connectivity index (χ3n) is 6.01. The molecule has 2 aromatic carbocycles. The summed E-state index contributed by atoms with van der Waals surface area (Å²) in [7, 11) is 0. The fourth-order valence-electron chi connectivity index (χ4n) is 4.08. The van der Waals surface area contributed by atoms with E-state index in [1.807, 2.05) is 35.2 Å². The molecule has 1 atom stereocenters. The third-order valence-corrected chi connectivity index (χ3v) is 6.01. The fourth-order valence-corrected chi connectivity index (χ4v) is 4.08. The molecule has 2 amide bonds. The van der Waals surface area contributed by atoms with Crippen molar-refractivity contribution in [1.82, 2.24) is 10.2 Å². The van der Waals surface area contributed by atoms with Gasteiger partial charge in [0.15, 0.2) is 0 Å². The molecule has 0 saturated carbocycles. The van der Waals surface area contributed by atoms with Gasteiger partial charge < -0.3 is 15.1 Å². The Morgan fingerprint density at radius 1 is 1.06 bits per heavy atom. The summed E-state index contributed by atoms with van der Waals surface area (Å²) >= 11 is 0. The Labute approximate surface area is 188 Å². The molecule has 0 aromatic heterocycles. The van der Waals surface area contributed by atoms with E-state index < -0.39 is 4.92 Å². The topological polar surface area (TPSA) is 95.8 Å². The largest absolute Gasteiger partial charge is 0.362 e. The van der Waals surface area contributed by atoms with Crippen LogP contribution in [0.3, 0.4) is 0 Å². The predicted octanol–water partition coefficient (Wildman–Crippen LogP) is 3.43. The molecule has 1 unspecified atom stereocenters. The number of nitro groups is 1. The van der Waals surface area contributed by atoms with E-state index >= 15 is 0 Å². The normalized spacial score (nSPS) is 14.9. The summed E-state index contributed by atoms with van der Waals surface area (Å²) in [4.78, 5) is 39.2. The molecule has 1 fully saturated rings. The molecule has 32 heavy (non-hydrogen) atoms. The number of carbonyl (C=O) groups excluding carboxylic acids is 2. The molecule has 1 N–H and O–H groups in total. The highest BCUT2D eigenvalue weighted by molar-refractivity contribution is 5.95. The number of nitro benzene ring substituents is 1. The minimum Gasteiger partial charge on any atom is -0.362 e. The van der Waals surface area contributed by atoms with Crippen LogP contribution in [0.4, 0.5) is 11.4 Å². The van der Waals surface area contributed by atoms with Gasteiger partial charge in [0, 0.05) is 57.2 Å². The second-order valence-electron chi connectivity index (χ2n) is 8.42. The number of hydrogen-bond acceptors (Lipinski definition) is 5. The number of carbonyl (C=O) groups is 2. The van der Waals surface area contributed by atoms with E-state index in [0.29, 0.717) is 44.3 Å². The Hall–Kier alpha value is -3.42. The van der Waals surface area contributed by atoms with Crippen LogP contribution in [0, 0.1) is 16.0 Å². The van der Waals surface area contributed by atoms with Gasteiger partial charge in [-0.05, 0) is 23.6 Å². The summed E-state index contributed by atoms with van der Waals surface area (Å²) < 4.78 is 0. The minimum absolute atomic E-state index is 0.00127. The van der Waals surface area contributed by atoms with Gasteiger partial charge in [-0.15, -0.1) is 0 Å². The van der Waals surface area contributed by atoms with E-state index in [0.717, 1.165) is 5.56 Å². The maximum Gasteiger partial charge on any atom is 0.293 e. The Morgan fingerprint density at radius 3 is 2.28 bits per heavy atom. The molecule has 0 bridgehead atoms. The quantitative estimate of drug-likeness (QED) is 0.528. The number of benzene rings is 2.